The number of piperazine rings is 1. The van der Waals surface area contributed by atoms with Crippen molar-refractivity contribution in [1.82, 2.24) is 14.7 Å². The predicted molar refractivity (Wildman–Crippen MR) is 146 cm³/mol. The van der Waals surface area contributed by atoms with Gasteiger partial charge in [-0.25, -0.2) is 4.68 Å². The van der Waals surface area contributed by atoms with Crippen LogP contribution in [0.2, 0.25) is 0 Å². The molecule has 37 heavy (non-hydrogen) atoms. The summed E-state index contributed by atoms with van der Waals surface area (Å²) < 4.78 is 12.8. The van der Waals surface area contributed by atoms with Gasteiger partial charge in [-0.15, -0.1) is 0 Å². The molecule has 1 aromatic heterocycles. The summed E-state index contributed by atoms with van der Waals surface area (Å²) >= 11 is 0. The Bertz CT molecular complexity index is 1380. The Labute approximate surface area is 217 Å². The van der Waals surface area contributed by atoms with Crippen LogP contribution < -0.4 is 19.7 Å². The highest BCUT2D eigenvalue weighted by Crippen LogP contribution is 2.36. The number of carbonyl (C=O) groups is 1. The van der Waals surface area contributed by atoms with Crippen molar-refractivity contribution in [3.63, 3.8) is 0 Å². The summed E-state index contributed by atoms with van der Waals surface area (Å²) in [5.41, 5.74) is 4.25. The Hall–Kier alpha value is -4.30. The molecule has 1 saturated heterocycles. The number of aromatic nitrogens is 2. The molecule has 0 spiro atoms. The number of nitrogens with one attached hydrogen (secondary N) is 1. The monoisotopic (exact) mass is 497 g/mol. The summed E-state index contributed by atoms with van der Waals surface area (Å²) in [4.78, 5) is 18.5. The zero-order chi connectivity index (χ0) is 25.8. The van der Waals surface area contributed by atoms with Gasteiger partial charge in [-0.3, -0.25) is 4.79 Å². The fraction of sp³-hybridized carbons (Fsp3) is 0.241. The molecular formula is C29H31N5O3. The van der Waals surface area contributed by atoms with E-state index in [0.29, 0.717) is 28.3 Å². The molecule has 0 aliphatic carbocycles. The van der Waals surface area contributed by atoms with Crippen LogP contribution in [-0.4, -0.2) is 68.0 Å². The van der Waals surface area contributed by atoms with Crippen LogP contribution in [0.5, 0.6) is 11.5 Å². The van der Waals surface area contributed by atoms with E-state index in [2.05, 4.69) is 28.2 Å². The molecule has 1 amide bonds. The molecule has 1 fully saturated rings. The molecule has 5 rings (SSSR count). The molecule has 0 radical (unpaired) electrons. The third-order valence-corrected chi connectivity index (χ3v) is 6.64. The number of anilines is 2. The highest BCUT2D eigenvalue weighted by molar-refractivity contribution is 6.09. The molecule has 8 nitrogen and oxygen atoms in total. The SMILES string of the molecule is COc1ccc(OC)c(-c2nn(-c3ccccc3)cc2C(=O)Nc2ccccc2N2CCN(C)CC2)c1. The molecule has 4 aromatic rings. The van der Waals surface area contributed by atoms with Crippen LogP contribution in [-0.2, 0) is 0 Å². The first-order chi connectivity index (χ1) is 18.1. The summed E-state index contributed by atoms with van der Waals surface area (Å²) in [6.45, 7) is 3.76. The normalized spacial score (nSPS) is 13.9. The minimum atomic E-state index is -0.247. The van der Waals surface area contributed by atoms with Gasteiger partial charge in [-0.1, -0.05) is 30.3 Å². The minimum absolute atomic E-state index is 0.247. The minimum Gasteiger partial charge on any atom is -0.497 e. The van der Waals surface area contributed by atoms with Gasteiger partial charge in [0.2, 0.25) is 0 Å². The molecule has 1 aliphatic rings. The highest BCUT2D eigenvalue weighted by Gasteiger charge is 2.24. The van der Waals surface area contributed by atoms with Gasteiger partial charge in [0.05, 0.1) is 36.8 Å². The van der Waals surface area contributed by atoms with Gasteiger partial charge in [-0.05, 0) is 49.5 Å². The second kappa shape index (κ2) is 10.8. The second-order valence-electron chi connectivity index (χ2n) is 9.00. The van der Waals surface area contributed by atoms with Crippen molar-refractivity contribution >= 4 is 17.3 Å². The van der Waals surface area contributed by atoms with Gasteiger partial charge < -0.3 is 24.6 Å². The maximum atomic E-state index is 13.8. The summed E-state index contributed by atoms with van der Waals surface area (Å²) in [5, 5.41) is 7.98. The van der Waals surface area contributed by atoms with Crippen LogP contribution in [0.15, 0.2) is 79.0 Å². The van der Waals surface area contributed by atoms with Crippen molar-refractivity contribution in [3.8, 4) is 28.4 Å². The standard InChI is InChI=1S/C29H31N5O3/c1-32-15-17-33(18-16-32)26-12-8-7-11-25(26)30-29(35)24-20-34(21-9-5-4-6-10-21)31-28(24)23-19-22(36-2)13-14-27(23)37-3/h4-14,19-20H,15-18H2,1-3H3,(H,30,35). The number of carbonyl (C=O) groups excluding carboxylic acids is 1. The quantitative estimate of drug-likeness (QED) is 0.404. The Morgan fingerprint density at radius 2 is 1.62 bits per heavy atom. The van der Waals surface area contributed by atoms with Crippen LogP contribution in [0.1, 0.15) is 10.4 Å². The average molecular weight is 498 g/mol. The first kappa shape index (κ1) is 24.4. The summed E-state index contributed by atoms with van der Waals surface area (Å²) in [6.07, 6.45) is 1.76. The smallest absolute Gasteiger partial charge is 0.259 e. The van der Waals surface area contributed by atoms with E-state index < -0.39 is 0 Å². The fourth-order valence-electron chi connectivity index (χ4n) is 4.54. The van der Waals surface area contributed by atoms with Gasteiger partial charge >= 0.3 is 0 Å². The largest absolute Gasteiger partial charge is 0.497 e. The maximum absolute atomic E-state index is 13.8. The third kappa shape index (κ3) is 5.15. The van der Waals surface area contributed by atoms with E-state index in [0.717, 1.165) is 43.2 Å². The van der Waals surface area contributed by atoms with Crippen molar-refractivity contribution in [2.24, 2.45) is 0 Å². The van der Waals surface area contributed by atoms with Crippen molar-refractivity contribution in [2.75, 3.05) is 57.7 Å². The lowest BCUT2D eigenvalue weighted by atomic mass is 10.1. The Morgan fingerprint density at radius 1 is 0.892 bits per heavy atom. The summed E-state index contributed by atoms with van der Waals surface area (Å²) in [6, 6.07) is 23.1. The Morgan fingerprint density at radius 3 is 2.35 bits per heavy atom. The topological polar surface area (TPSA) is 71.9 Å². The second-order valence-corrected chi connectivity index (χ2v) is 9.00. The lowest BCUT2D eigenvalue weighted by Gasteiger charge is -2.35. The predicted octanol–water partition coefficient (Wildman–Crippen LogP) is 4.56. The fourth-order valence-corrected chi connectivity index (χ4v) is 4.54. The summed E-state index contributed by atoms with van der Waals surface area (Å²) in [7, 11) is 5.34. The molecular weight excluding hydrogens is 466 g/mol. The number of amides is 1. The molecule has 2 heterocycles. The number of methoxy groups -OCH3 is 2. The molecule has 1 N–H and O–H groups in total. The number of hydrogen-bond donors (Lipinski definition) is 1. The molecule has 3 aromatic carbocycles. The first-order valence-electron chi connectivity index (χ1n) is 12.3. The molecule has 0 unspecified atom stereocenters. The van der Waals surface area contributed by atoms with Gasteiger partial charge in [0.1, 0.15) is 17.2 Å². The van der Waals surface area contributed by atoms with Crippen molar-refractivity contribution in [1.29, 1.82) is 0 Å². The van der Waals surface area contributed by atoms with E-state index in [9.17, 15) is 4.79 Å². The summed E-state index contributed by atoms with van der Waals surface area (Å²) in [5.74, 6) is 1.01. The molecule has 0 bridgehead atoms. The van der Waals surface area contributed by atoms with E-state index in [-0.39, 0.29) is 5.91 Å². The van der Waals surface area contributed by atoms with Gasteiger partial charge in [0.15, 0.2) is 0 Å². The Kier molecular flexibility index (Phi) is 7.09. The number of para-hydroxylation sites is 3. The lowest BCUT2D eigenvalue weighted by Crippen LogP contribution is -2.44. The van der Waals surface area contributed by atoms with Crippen LogP contribution in [0.4, 0.5) is 11.4 Å². The van der Waals surface area contributed by atoms with Crippen LogP contribution >= 0.6 is 0 Å². The van der Waals surface area contributed by atoms with E-state index >= 15 is 0 Å². The van der Waals surface area contributed by atoms with Gasteiger partial charge in [-0.2, -0.15) is 5.10 Å². The van der Waals surface area contributed by atoms with Gasteiger partial charge in [0, 0.05) is 37.9 Å². The van der Waals surface area contributed by atoms with Crippen molar-refractivity contribution in [3.05, 3.63) is 84.6 Å². The van der Waals surface area contributed by atoms with Gasteiger partial charge in [0.25, 0.3) is 5.91 Å². The molecule has 0 atom stereocenters. The van der Waals surface area contributed by atoms with E-state index in [1.807, 2.05) is 66.7 Å². The number of rotatable bonds is 7. The van der Waals surface area contributed by atoms with Crippen LogP contribution in [0.3, 0.4) is 0 Å². The number of ether oxygens (including phenoxy) is 2. The molecule has 190 valence electrons. The number of hydrogen-bond acceptors (Lipinski definition) is 6. The van der Waals surface area contributed by atoms with E-state index in [4.69, 9.17) is 14.6 Å². The highest BCUT2D eigenvalue weighted by atomic mass is 16.5. The number of nitrogens with zero attached hydrogens (tertiary/aromatic N) is 4. The maximum Gasteiger partial charge on any atom is 0.259 e. The number of benzene rings is 3. The van der Waals surface area contributed by atoms with E-state index in [1.54, 1.807) is 25.1 Å². The zero-order valence-electron chi connectivity index (χ0n) is 21.3. The molecule has 0 saturated carbocycles. The Balaban J connectivity index is 1.55. The first-order valence-corrected chi connectivity index (χ1v) is 12.3. The van der Waals surface area contributed by atoms with Crippen LogP contribution in [0, 0.1) is 0 Å². The third-order valence-electron chi connectivity index (χ3n) is 6.64. The molecule has 1 aliphatic heterocycles. The van der Waals surface area contributed by atoms with Crippen molar-refractivity contribution in [2.45, 2.75) is 0 Å². The van der Waals surface area contributed by atoms with Crippen molar-refractivity contribution < 1.29 is 14.3 Å². The zero-order valence-corrected chi connectivity index (χ0v) is 21.3. The van der Waals surface area contributed by atoms with Crippen LogP contribution in [0.25, 0.3) is 16.9 Å². The molecule has 8 heteroatoms. The van der Waals surface area contributed by atoms with E-state index in [1.165, 1.54) is 0 Å². The number of likely N-dealkylation sites (N-methyl/N-ethyl adjacent to an activating group) is 1. The lowest BCUT2D eigenvalue weighted by molar-refractivity contribution is 0.102. The average Bonchev–Trinajstić information content (AvgIpc) is 3.40.